The average molecular weight is 332 g/mol. The molecule has 1 aromatic carbocycles. The summed E-state index contributed by atoms with van der Waals surface area (Å²) in [6.45, 7) is 2.13. The molecule has 2 fully saturated rings. The zero-order valence-electron chi connectivity index (χ0n) is 13.6. The number of carbonyl (C=O) groups excluding carboxylic acids is 2. The summed E-state index contributed by atoms with van der Waals surface area (Å²) in [4.78, 5) is 26.3. The fraction of sp³-hybridized carbons (Fsp3) is 0.579. The Morgan fingerprint density at radius 1 is 1.22 bits per heavy atom. The Labute approximate surface area is 142 Å². The number of ether oxygens (including phenoxy) is 1. The first-order valence-corrected chi connectivity index (χ1v) is 9.46. The zero-order chi connectivity index (χ0) is 16.3. The molecular weight excluding hydrogens is 308 g/mol. The third kappa shape index (κ3) is 3.32. The minimum Gasteiger partial charge on any atom is -0.465 e. The van der Waals surface area contributed by atoms with Crippen LogP contribution in [0, 0.1) is 11.3 Å². The molecule has 124 valence electrons. The third-order valence-corrected chi connectivity index (χ3v) is 6.70. The molecule has 3 rings (SSSR count). The van der Waals surface area contributed by atoms with Gasteiger partial charge in [-0.3, -0.25) is 9.59 Å². The lowest BCUT2D eigenvalue weighted by atomic mass is 9.72. The molecule has 23 heavy (non-hydrogen) atoms. The van der Waals surface area contributed by atoms with Gasteiger partial charge < -0.3 is 4.74 Å². The van der Waals surface area contributed by atoms with E-state index in [1.807, 2.05) is 30.3 Å². The van der Waals surface area contributed by atoms with Gasteiger partial charge in [0.1, 0.15) is 5.92 Å². The van der Waals surface area contributed by atoms with Gasteiger partial charge in [-0.25, -0.2) is 0 Å². The smallest absolute Gasteiger partial charge is 0.316 e. The topological polar surface area (TPSA) is 43.4 Å². The molecule has 4 heteroatoms. The van der Waals surface area contributed by atoms with E-state index in [4.69, 9.17) is 4.74 Å². The Kier molecular flexibility index (Phi) is 5.10. The van der Waals surface area contributed by atoms with Crippen molar-refractivity contribution in [3.05, 3.63) is 30.3 Å². The first-order valence-electron chi connectivity index (χ1n) is 8.58. The van der Waals surface area contributed by atoms with Crippen LogP contribution in [-0.2, 0) is 14.3 Å². The van der Waals surface area contributed by atoms with Crippen molar-refractivity contribution >= 4 is 23.5 Å². The first-order chi connectivity index (χ1) is 11.2. The number of esters is 1. The standard InChI is InChI=1S/C19H24O3S/c1-2-22-18(21)15-13-19(11-7-4-8-12-19)17(16(15)20)23-14-9-5-3-6-10-14/h3,5-6,9-10,15,17H,2,4,7-8,11-13H2,1H3/t15-,17+/m0/s1. The van der Waals surface area contributed by atoms with E-state index in [0.717, 1.165) is 30.6 Å². The molecule has 2 aliphatic rings. The number of hydrogen-bond acceptors (Lipinski definition) is 4. The fourth-order valence-corrected chi connectivity index (χ4v) is 5.53. The van der Waals surface area contributed by atoms with Crippen LogP contribution in [0.4, 0.5) is 0 Å². The Bertz CT molecular complexity index is 563. The monoisotopic (exact) mass is 332 g/mol. The largest absolute Gasteiger partial charge is 0.465 e. The second-order valence-corrected chi connectivity index (χ2v) is 7.82. The van der Waals surface area contributed by atoms with Crippen LogP contribution in [0.5, 0.6) is 0 Å². The highest BCUT2D eigenvalue weighted by atomic mass is 32.2. The maximum Gasteiger partial charge on any atom is 0.316 e. The van der Waals surface area contributed by atoms with Crippen LogP contribution in [0.1, 0.15) is 45.4 Å². The van der Waals surface area contributed by atoms with E-state index in [1.54, 1.807) is 18.7 Å². The van der Waals surface area contributed by atoms with Crippen molar-refractivity contribution in [2.75, 3.05) is 6.61 Å². The van der Waals surface area contributed by atoms with E-state index in [0.29, 0.717) is 13.0 Å². The Morgan fingerprint density at radius 3 is 2.57 bits per heavy atom. The highest BCUT2D eigenvalue weighted by molar-refractivity contribution is 8.00. The SMILES string of the molecule is CCOC(=O)[C@H]1CC2(CCCCC2)[C@H](Sc2ccccc2)C1=O. The highest BCUT2D eigenvalue weighted by Crippen LogP contribution is 2.55. The molecule has 1 spiro atoms. The van der Waals surface area contributed by atoms with Gasteiger partial charge in [-0.2, -0.15) is 0 Å². The van der Waals surface area contributed by atoms with Crippen LogP contribution in [0.3, 0.4) is 0 Å². The lowest BCUT2D eigenvalue weighted by molar-refractivity contribution is -0.150. The van der Waals surface area contributed by atoms with E-state index in [9.17, 15) is 9.59 Å². The van der Waals surface area contributed by atoms with Crippen LogP contribution >= 0.6 is 11.8 Å². The number of hydrogen-bond donors (Lipinski definition) is 0. The van der Waals surface area contributed by atoms with Crippen molar-refractivity contribution in [2.45, 2.75) is 55.6 Å². The molecule has 0 N–H and O–H groups in total. The lowest BCUT2D eigenvalue weighted by Crippen LogP contribution is -2.33. The zero-order valence-corrected chi connectivity index (χ0v) is 14.4. The third-order valence-electron chi connectivity index (χ3n) is 5.19. The van der Waals surface area contributed by atoms with E-state index < -0.39 is 5.92 Å². The van der Waals surface area contributed by atoms with Crippen molar-refractivity contribution in [1.82, 2.24) is 0 Å². The van der Waals surface area contributed by atoms with Crippen LogP contribution in [-0.4, -0.2) is 23.6 Å². The van der Waals surface area contributed by atoms with Crippen molar-refractivity contribution in [1.29, 1.82) is 0 Å². The summed E-state index contributed by atoms with van der Waals surface area (Å²) >= 11 is 1.65. The van der Waals surface area contributed by atoms with Gasteiger partial charge in [0.25, 0.3) is 0 Å². The molecule has 2 saturated carbocycles. The fourth-order valence-electron chi connectivity index (χ4n) is 4.08. The van der Waals surface area contributed by atoms with Crippen LogP contribution < -0.4 is 0 Å². The van der Waals surface area contributed by atoms with E-state index >= 15 is 0 Å². The van der Waals surface area contributed by atoms with E-state index in [-0.39, 0.29) is 22.4 Å². The molecule has 0 amide bonds. The molecule has 2 aliphatic carbocycles. The number of rotatable bonds is 4. The summed E-state index contributed by atoms with van der Waals surface area (Å²) < 4.78 is 5.16. The summed E-state index contributed by atoms with van der Waals surface area (Å²) in [5.41, 5.74) is -0.0206. The number of benzene rings is 1. The molecule has 0 saturated heterocycles. The number of ketones is 1. The number of carbonyl (C=O) groups is 2. The maximum atomic E-state index is 13.0. The lowest BCUT2D eigenvalue weighted by Gasteiger charge is -2.37. The Morgan fingerprint density at radius 2 is 1.91 bits per heavy atom. The van der Waals surface area contributed by atoms with Crippen LogP contribution in [0.2, 0.25) is 0 Å². The highest BCUT2D eigenvalue weighted by Gasteiger charge is 2.56. The maximum absolute atomic E-state index is 13.0. The van der Waals surface area contributed by atoms with Gasteiger partial charge in [0.2, 0.25) is 0 Å². The predicted octanol–water partition coefficient (Wildman–Crippen LogP) is 4.25. The van der Waals surface area contributed by atoms with Crippen LogP contribution in [0.15, 0.2) is 35.2 Å². The quantitative estimate of drug-likeness (QED) is 0.611. The summed E-state index contributed by atoms with van der Waals surface area (Å²) in [5, 5.41) is -0.111. The van der Waals surface area contributed by atoms with Crippen molar-refractivity contribution in [2.24, 2.45) is 11.3 Å². The van der Waals surface area contributed by atoms with Gasteiger partial charge in [-0.15, -0.1) is 11.8 Å². The van der Waals surface area contributed by atoms with Gasteiger partial charge in [-0.05, 0) is 43.7 Å². The summed E-state index contributed by atoms with van der Waals surface area (Å²) in [7, 11) is 0. The van der Waals surface area contributed by atoms with Crippen molar-refractivity contribution in [3.8, 4) is 0 Å². The molecule has 0 aliphatic heterocycles. The molecular formula is C19H24O3S. The minimum absolute atomic E-state index is 0.0206. The molecule has 3 nitrogen and oxygen atoms in total. The van der Waals surface area contributed by atoms with Gasteiger partial charge in [0, 0.05) is 4.90 Å². The van der Waals surface area contributed by atoms with Gasteiger partial charge in [-0.1, -0.05) is 37.5 Å². The van der Waals surface area contributed by atoms with Crippen molar-refractivity contribution < 1.29 is 14.3 Å². The second kappa shape index (κ2) is 7.08. The molecule has 0 heterocycles. The number of Topliss-reactive ketones (excluding diaryl/α,β-unsaturated/α-hetero) is 1. The summed E-state index contributed by atoms with van der Waals surface area (Å²) in [5.74, 6) is -0.799. The van der Waals surface area contributed by atoms with Crippen molar-refractivity contribution in [3.63, 3.8) is 0 Å². The molecule has 0 aromatic heterocycles. The van der Waals surface area contributed by atoms with Gasteiger partial charge in [0.15, 0.2) is 5.78 Å². The second-order valence-electron chi connectivity index (χ2n) is 6.65. The molecule has 2 atom stereocenters. The minimum atomic E-state index is -0.561. The normalized spacial score (nSPS) is 26.4. The Hall–Kier alpha value is -1.29. The molecule has 0 bridgehead atoms. The summed E-state index contributed by atoms with van der Waals surface area (Å²) in [6, 6.07) is 10.1. The van der Waals surface area contributed by atoms with Gasteiger partial charge >= 0.3 is 5.97 Å². The summed E-state index contributed by atoms with van der Waals surface area (Å²) in [6.07, 6.45) is 6.35. The first kappa shape index (κ1) is 16.6. The van der Waals surface area contributed by atoms with Crippen LogP contribution in [0.25, 0.3) is 0 Å². The van der Waals surface area contributed by atoms with E-state index in [2.05, 4.69) is 0 Å². The Balaban J connectivity index is 1.86. The molecule has 0 unspecified atom stereocenters. The molecule has 0 radical (unpaired) electrons. The van der Waals surface area contributed by atoms with Gasteiger partial charge in [0.05, 0.1) is 11.9 Å². The number of thioether (sulfide) groups is 1. The molecule has 1 aromatic rings. The predicted molar refractivity (Wildman–Crippen MR) is 91.4 cm³/mol. The average Bonchev–Trinajstić information content (AvgIpc) is 2.83. The van der Waals surface area contributed by atoms with E-state index in [1.165, 1.54) is 6.42 Å².